The lowest BCUT2D eigenvalue weighted by molar-refractivity contribution is -0.119. The van der Waals surface area contributed by atoms with Gasteiger partial charge in [0.15, 0.2) is 0 Å². The predicted octanol–water partition coefficient (Wildman–Crippen LogP) is 5.99. The van der Waals surface area contributed by atoms with E-state index in [1.807, 2.05) is 73.3 Å². The highest BCUT2D eigenvalue weighted by molar-refractivity contribution is 6.32. The molecule has 2 heterocycles. The lowest BCUT2D eigenvalue weighted by atomic mass is 9.98. The zero-order chi connectivity index (χ0) is 26.1. The number of aryl methyl sites for hydroxylation is 3. The van der Waals surface area contributed by atoms with Crippen LogP contribution in [0.4, 0.5) is 5.69 Å². The van der Waals surface area contributed by atoms with Crippen molar-refractivity contribution >= 4 is 28.9 Å². The van der Waals surface area contributed by atoms with Crippen molar-refractivity contribution in [2.45, 2.75) is 39.8 Å². The third-order valence-electron chi connectivity index (χ3n) is 6.88. The quantitative estimate of drug-likeness (QED) is 0.345. The van der Waals surface area contributed by atoms with Crippen molar-refractivity contribution in [3.63, 3.8) is 0 Å². The first-order valence-electron chi connectivity index (χ1n) is 12.2. The normalized spacial score (nSPS) is 15.3. The Hall–Kier alpha value is -3.90. The summed E-state index contributed by atoms with van der Waals surface area (Å²) in [5.41, 5.74) is 8.16. The Bertz CT molecular complexity index is 1470. The average molecular weight is 513 g/mol. The number of halogens is 1. The molecule has 0 aliphatic carbocycles. The third kappa shape index (κ3) is 4.89. The van der Waals surface area contributed by atoms with E-state index < -0.39 is 6.04 Å². The number of fused-ring (bicyclic) bond motifs is 1. The van der Waals surface area contributed by atoms with Crippen LogP contribution in [0, 0.1) is 20.8 Å². The Morgan fingerprint density at radius 2 is 1.78 bits per heavy atom. The van der Waals surface area contributed by atoms with Crippen LogP contribution in [-0.4, -0.2) is 35.0 Å². The van der Waals surface area contributed by atoms with Crippen LogP contribution >= 0.6 is 11.6 Å². The van der Waals surface area contributed by atoms with Crippen molar-refractivity contribution in [3.05, 3.63) is 111 Å². The Morgan fingerprint density at radius 1 is 1.03 bits per heavy atom. The summed E-state index contributed by atoms with van der Waals surface area (Å²) in [7, 11) is 1.64. The van der Waals surface area contributed by atoms with Crippen LogP contribution < -0.4 is 9.64 Å². The van der Waals surface area contributed by atoms with Gasteiger partial charge < -0.3 is 9.64 Å². The molecule has 7 heteroatoms. The molecule has 1 aromatic heterocycles. The number of benzene rings is 3. The van der Waals surface area contributed by atoms with Crippen LogP contribution in [-0.2, 0) is 17.8 Å². The minimum atomic E-state index is -0.616. The van der Waals surface area contributed by atoms with Gasteiger partial charge in [-0.25, -0.2) is 0 Å². The maximum absolute atomic E-state index is 14.3. The number of aliphatic imine (C=N–C) groups is 1. The van der Waals surface area contributed by atoms with Crippen LogP contribution in [0.25, 0.3) is 0 Å². The second kappa shape index (κ2) is 10.2. The van der Waals surface area contributed by atoms with Gasteiger partial charge in [0.2, 0.25) is 0 Å². The van der Waals surface area contributed by atoms with Gasteiger partial charge in [0.1, 0.15) is 11.8 Å². The standard InChI is InChI=1S/C30H29ClN4O2/c1-18-7-5-6-8-22(18)15-26-30(36)35(17-21-9-12-24(37-4)13-10-21)27-14-11-23(31)16-25(27)29(32-26)28-19(2)33-34-20(28)3/h5-14,16,26H,15,17H2,1-4H3,(H,33,34). The van der Waals surface area contributed by atoms with Gasteiger partial charge in [-0.05, 0) is 67.8 Å². The van der Waals surface area contributed by atoms with Crippen molar-refractivity contribution in [2.24, 2.45) is 4.99 Å². The summed E-state index contributed by atoms with van der Waals surface area (Å²) < 4.78 is 5.32. The summed E-state index contributed by atoms with van der Waals surface area (Å²) in [5, 5.41) is 8.07. The molecule has 188 valence electrons. The van der Waals surface area contributed by atoms with Gasteiger partial charge in [-0.1, -0.05) is 48.0 Å². The number of carbonyl (C=O) groups is 1. The maximum atomic E-state index is 14.3. The second-order valence-corrected chi connectivity index (χ2v) is 9.80. The summed E-state index contributed by atoms with van der Waals surface area (Å²) in [5.74, 6) is 0.712. The van der Waals surface area contributed by atoms with E-state index in [1.165, 1.54) is 0 Å². The molecule has 0 bridgehead atoms. The van der Waals surface area contributed by atoms with Crippen LogP contribution in [0.3, 0.4) is 0 Å². The van der Waals surface area contributed by atoms with E-state index in [0.717, 1.165) is 56.4 Å². The van der Waals surface area contributed by atoms with Gasteiger partial charge in [0.25, 0.3) is 5.91 Å². The molecule has 3 aromatic carbocycles. The van der Waals surface area contributed by atoms with E-state index in [2.05, 4.69) is 29.3 Å². The van der Waals surface area contributed by atoms with Gasteiger partial charge in [-0.2, -0.15) is 5.10 Å². The molecule has 0 spiro atoms. The first-order valence-corrected chi connectivity index (χ1v) is 12.6. The topological polar surface area (TPSA) is 70.6 Å². The fourth-order valence-corrected chi connectivity index (χ4v) is 5.04. The summed E-state index contributed by atoms with van der Waals surface area (Å²) in [6.07, 6.45) is 0.492. The number of H-pyrrole nitrogens is 1. The van der Waals surface area contributed by atoms with Crippen LogP contribution in [0.15, 0.2) is 71.7 Å². The highest BCUT2D eigenvalue weighted by Gasteiger charge is 2.34. The van der Waals surface area contributed by atoms with Gasteiger partial charge in [-0.3, -0.25) is 14.9 Å². The molecule has 1 N–H and O–H groups in total. The summed E-state index contributed by atoms with van der Waals surface area (Å²) in [6, 6.07) is 20.9. The maximum Gasteiger partial charge on any atom is 0.252 e. The van der Waals surface area contributed by atoms with Crippen LogP contribution in [0.1, 0.15) is 39.2 Å². The van der Waals surface area contributed by atoms with E-state index in [0.29, 0.717) is 18.0 Å². The first-order chi connectivity index (χ1) is 17.9. The van der Waals surface area contributed by atoms with Crippen molar-refractivity contribution < 1.29 is 9.53 Å². The number of methoxy groups -OCH3 is 1. The Kier molecular flexibility index (Phi) is 6.85. The number of amides is 1. The van der Waals surface area contributed by atoms with E-state index in [-0.39, 0.29) is 5.91 Å². The minimum Gasteiger partial charge on any atom is -0.497 e. The number of rotatable bonds is 6. The lowest BCUT2D eigenvalue weighted by Gasteiger charge is -2.26. The van der Waals surface area contributed by atoms with Crippen molar-refractivity contribution in [1.29, 1.82) is 0 Å². The number of benzodiazepines with no additional fused rings is 1. The van der Waals surface area contributed by atoms with Crippen molar-refractivity contribution in [2.75, 3.05) is 12.0 Å². The Morgan fingerprint density at radius 3 is 2.46 bits per heavy atom. The van der Waals surface area contributed by atoms with Crippen LogP contribution in [0.5, 0.6) is 5.75 Å². The highest BCUT2D eigenvalue weighted by Crippen LogP contribution is 2.34. The molecule has 1 aliphatic rings. The van der Waals surface area contributed by atoms with Gasteiger partial charge in [0, 0.05) is 28.3 Å². The molecular formula is C30H29ClN4O2. The van der Waals surface area contributed by atoms with Crippen LogP contribution in [0.2, 0.25) is 5.02 Å². The molecule has 1 atom stereocenters. The lowest BCUT2D eigenvalue weighted by Crippen LogP contribution is -2.38. The Balaban J connectivity index is 1.68. The number of anilines is 1. The number of hydrogen-bond acceptors (Lipinski definition) is 4. The number of ether oxygens (including phenoxy) is 1. The number of nitrogens with zero attached hydrogens (tertiary/aromatic N) is 3. The molecule has 5 rings (SSSR count). The zero-order valence-electron chi connectivity index (χ0n) is 21.4. The van der Waals surface area contributed by atoms with Gasteiger partial charge in [-0.15, -0.1) is 0 Å². The number of nitrogens with one attached hydrogen (secondary N) is 1. The van der Waals surface area contributed by atoms with E-state index in [9.17, 15) is 4.79 Å². The smallest absolute Gasteiger partial charge is 0.252 e. The molecule has 0 fully saturated rings. The first kappa shape index (κ1) is 24.8. The molecular weight excluding hydrogens is 484 g/mol. The monoisotopic (exact) mass is 512 g/mol. The molecule has 1 aliphatic heterocycles. The molecule has 6 nitrogen and oxygen atoms in total. The second-order valence-electron chi connectivity index (χ2n) is 9.37. The molecule has 37 heavy (non-hydrogen) atoms. The van der Waals surface area contributed by atoms with E-state index >= 15 is 0 Å². The van der Waals surface area contributed by atoms with E-state index in [4.69, 9.17) is 21.3 Å². The molecule has 1 unspecified atom stereocenters. The van der Waals surface area contributed by atoms with Crippen molar-refractivity contribution in [1.82, 2.24) is 10.2 Å². The van der Waals surface area contributed by atoms with Gasteiger partial charge >= 0.3 is 0 Å². The molecule has 0 radical (unpaired) electrons. The number of hydrogen-bond donors (Lipinski definition) is 1. The fourth-order valence-electron chi connectivity index (χ4n) is 4.87. The molecule has 0 saturated carbocycles. The van der Waals surface area contributed by atoms with Crippen molar-refractivity contribution in [3.8, 4) is 5.75 Å². The average Bonchev–Trinajstić information content (AvgIpc) is 3.19. The summed E-state index contributed by atoms with van der Waals surface area (Å²) in [6.45, 7) is 6.38. The molecule has 0 saturated heterocycles. The number of aromatic nitrogens is 2. The third-order valence-corrected chi connectivity index (χ3v) is 7.11. The predicted molar refractivity (Wildman–Crippen MR) is 148 cm³/mol. The minimum absolute atomic E-state index is 0.0588. The number of carbonyl (C=O) groups excluding carboxylic acids is 1. The zero-order valence-corrected chi connectivity index (χ0v) is 22.1. The van der Waals surface area contributed by atoms with E-state index in [1.54, 1.807) is 7.11 Å². The molecule has 1 amide bonds. The Labute approximate surface area is 222 Å². The summed E-state index contributed by atoms with van der Waals surface area (Å²) >= 11 is 6.51. The summed E-state index contributed by atoms with van der Waals surface area (Å²) in [4.78, 5) is 21.2. The largest absolute Gasteiger partial charge is 0.497 e. The number of aromatic amines is 1. The SMILES string of the molecule is COc1ccc(CN2C(=O)C(Cc3ccccc3C)N=C(c3c(C)n[nH]c3C)c3cc(Cl)ccc32)cc1. The highest BCUT2D eigenvalue weighted by atomic mass is 35.5. The van der Waals surface area contributed by atoms with Gasteiger partial charge in [0.05, 0.1) is 30.7 Å². The molecule has 4 aromatic rings. The fraction of sp³-hybridized carbons (Fsp3) is 0.233.